The molecule has 2 N–H and O–H groups in total. The second kappa shape index (κ2) is 5.81. The van der Waals surface area contributed by atoms with Crippen LogP contribution in [0.3, 0.4) is 0 Å². The van der Waals surface area contributed by atoms with E-state index in [0.717, 1.165) is 27.7 Å². The predicted molar refractivity (Wildman–Crippen MR) is 83.3 cm³/mol. The van der Waals surface area contributed by atoms with Crippen LogP contribution in [0.5, 0.6) is 0 Å². The lowest BCUT2D eigenvalue weighted by molar-refractivity contribution is 0.618. The van der Waals surface area contributed by atoms with Crippen LogP contribution in [0.25, 0.3) is 11.4 Å². The first-order chi connectivity index (χ1) is 9.02. The summed E-state index contributed by atoms with van der Waals surface area (Å²) in [5.41, 5.74) is 8.25. The van der Waals surface area contributed by atoms with E-state index in [9.17, 15) is 4.39 Å². The molecular weight excluding hydrogens is 356 g/mol. The van der Waals surface area contributed by atoms with E-state index in [2.05, 4.69) is 39.5 Å². The number of nitrogens with two attached hydrogens (primary N) is 1. The molecule has 0 aliphatic rings. The molecular formula is C14H15FIN3. The van der Waals surface area contributed by atoms with Crippen molar-refractivity contribution in [2.24, 2.45) is 0 Å². The number of aryl methyl sites for hydroxylation is 2. The van der Waals surface area contributed by atoms with Gasteiger partial charge in [-0.3, -0.25) is 0 Å². The number of hydrogen-bond acceptors (Lipinski definition) is 3. The smallest absolute Gasteiger partial charge is 0.161 e. The van der Waals surface area contributed by atoms with Crippen molar-refractivity contribution >= 4 is 28.4 Å². The van der Waals surface area contributed by atoms with E-state index in [-0.39, 0.29) is 5.82 Å². The van der Waals surface area contributed by atoms with Gasteiger partial charge in [0.15, 0.2) is 5.82 Å². The van der Waals surface area contributed by atoms with Gasteiger partial charge in [0, 0.05) is 5.56 Å². The number of nitrogens with zero attached hydrogens (tertiary/aromatic N) is 2. The molecule has 0 saturated carbocycles. The lowest BCUT2D eigenvalue weighted by atomic mass is 10.1. The van der Waals surface area contributed by atoms with Crippen molar-refractivity contribution in [1.82, 2.24) is 9.97 Å². The van der Waals surface area contributed by atoms with Gasteiger partial charge in [-0.2, -0.15) is 0 Å². The first-order valence-electron chi connectivity index (χ1n) is 6.11. The van der Waals surface area contributed by atoms with E-state index in [1.807, 2.05) is 0 Å². The number of hydrogen-bond donors (Lipinski definition) is 1. The minimum absolute atomic E-state index is 0.226. The van der Waals surface area contributed by atoms with Gasteiger partial charge in [0.2, 0.25) is 0 Å². The maximum Gasteiger partial charge on any atom is 0.161 e. The Morgan fingerprint density at radius 1 is 1.32 bits per heavy atom. The molecule has 0 fully saturated rings. The van der Waals surface area contributed by atoms with Gasteiger partial charge < -0.3 is 5.73 Å². The summed E-state index contributed by atoms with van der Waals surface area (Å²) >= 11 is 2.17. The van der Waals surface area contributed by atoms with E-state index in [1.54, 1.807) is 19.1 Å². The maximum absolute atomic E-state index is 13.3. The van der Waals surface area contributed by atoms with Gasteiger partial charge in [0.1, 0.15) is 11.6 Å². The first-order valence-corrected chi connectivity index (χ1v) is 7.19. The fraction of sp³-hybridized carbons (Fsp3) is 0.286. The highest BCUT2D eigenvalue weighted by atomic mass is 127. The zero-order valence-corrected chi connectivity index (χ0v) is 13.0. The molecule has 19 heavy (non-hydrogen) atoms. The molecule has 1 aromatic carbocycles. The number of anilines is 1. The Bertz CT molecular complexity index is 614. The third kappa shape index (κ3) is 3.02. The van der Waals surface area contributed by atoms with Crippen molar-refractivity contribution < 1.29 is 4.39 Å². The zero-order chi connectivity index (χ0) is 14.0. The maximum atomic E-state index is 13.3. The Morgan fingerprint density at radius 2 is 2.05 bits per heavy atom. The highest BCUT2D eigenvalue weighted by Gasteiger charge is 2.11. The summed E-state index contributed by atoms with van der Waals surface area (Å²) in [6.07, 6.45) is 1.85. The zero-order valence-electron chi connectivity index (χ0n) is 10.9. The average Bonchev–Trinajstić information content (AvgIpc) is 2.38. The Hall–Kier alpha value is -1.24. The SMILES string of the molecule is CCCc1nc(-c2ccc(F)c(C)c2)nc(N)c1I. The van der Waals surface area contributed by atoms with E-state index >= 15 is 0 Å². The molecule has 0 bridgehead atoms. The van der Waals surface area contributed by atoms with Crippen molar-refractivity contribution in [1.29, 1.82) is 0 Å². The second-order valence-corrected chi connectivity index (χ2v) is 5.49. The van der Waals surface area contributed by atoms with Crippen LogP contribution < -0.4 is 5.73 Å². The molecule has 3 nitrogen and oxygen atoms in total. The fourth-order valence-electron chi connectivity index (χ4n) is 1.83. The van der Waals surface area contributed by atoms with E-state index in [1.165, 1.54) is 6.07 Å². The summed E-state index contributed by atoms with van der Waals surface area (Å²) in [5.74, 6) is 0.816. The van der Waals surface area contributed by atoms with Crippen LogP contribution in [0.1, 0.15) is 24.6 Å². The molecule has 2 rings (SSSR count). The molecule has 1 aromatic heterocycles. The molecule has 100 valence electrons. The highest BCUT2D eigenvalue weighted by molar-refractivity contribution is 14.1. The van der Waals surface area contributed by atoms with Crippen LogP contribution in [-0.4, -0.2) is 9.97 Å². The summed E-state index contributed by atoms with van der Waals surface area (Å²) in [5, 5.41) is 0. The standard InChI is InChI=1S/C14H15FIN3/c1-3-4-11-12(16)13(17)19-14(18-11)9-5-6-10(15)8(2)7-9/h5-7H,3-4H2,1-2H3,(H2,17,18,19). The normalized spacial score (nSPS) is 10.7. The van der Waals surface area contributed by atoms with Crippen molar-refractivity contribution in [3.8, 4) is 11.4 Å². The lowest BCUT2D eigenvalue weighted by Gasteiger charge is -2.09. The topological polar surface area (TPSA) is 51.8 Å². The van der Waals surface area contributed by atoms with Crippen LogP contribution >= 0.6 is 22.6 Å². The number of nitrogen functional groups attached to an aromatic ring is 1. The van der Waals surface area contributed by atoms with Gasteiger partial charge in [-0.05, 0) is 59.7 Å². The molecule has 0 saturated heterocycles. The molecule has 0 aliphatic heterocycles. The van der Waals surface area contributed by atoms with Gasteiger partial charge in [-0.15, -0.1) is 0 Å². The van der Waals surface area contributed by atoms with Gasteiger partial charge >= 0.3 is 0 Å². The minimum Gasteiger partial charge on any atom is -0.383 e. The van der Waals surface area contributed by atoms with Gasteiger partial charge in [-0.1, -0.05) is 13.3 Å². The molecule has 0 spiro atoms. The molecule has 1 heterocycles. The predicted octanol–water partition coefficient (Wildman–Crippen LogP) is 3.73. The first kappa shape index (κ1) is 14.2. The van der Waals surface area contributed by atoms with Crippen LogP contribution in [0.4, 0.5) is 10.2 Å². The quantitative estimate of drug-likeness (QED) is 0.837. The van der Waals surface area contributed by atoms with Crippen LogP contribution in [-0.2, 0) is 6.42 Å². The highest BCUT2D eigenvalue weighted by Crippen LogP contribution is 2.24. The van der Waals surface area contributed by atoms with Crippen molar-refractivity contribution in [3.05, 3.63) is 38.8 Å². The van der Waals surface area contributed by atoms with Crippen molar-refractivity contribution in [3.63, 3.8) is 0 Å². The average molecular weight is 371 g/mol. The summed E-state index contributed by atoms with van der Waals surface area (Å²) in [4.78, 5) is 8.84. The van der Waals surface area contributed by atoms with Crippen molar-refractivity contribution in [2.75, 3.05) is 5.73 Å². The molecule has 5 heteroatoms. The number of halogens is 2. The molecule has 0 aliphatic carbocycles. The van der Waals surface area contributed by atoms with Crippen molar-refractivity contribution in [2.45, 2.75) is 26.7 Å². The monoisotopic (exact) mass is 371 g/mol. The number of benzene rings is 1. The Labute approximate surface area is 125 Å². The Morgan fingerprint density at radius 3 is 2.68 bits per heavy atom. The van der Waals surface area contributed by atoms with Gasteiger partial charge in [-0.25, -0.2) is 14.4 Å². The minimum atomic E-state index is -0.226. The summed E-state index contributed by atoms with van der Waals surface area (Å²) < 4.78 is 14.2. The van der Waals surface area contributed by atoms with E-state index in [4.69, 9.17) is 5.73 Å². The second-order valence-electron chi connectivity index (χ2n) is 4.41. The molecule has 0 radical (unpaired) electrons. The van der Waals surface area contributed by atoms with Crippen LogP contribution in [0, 0.1) is 16.3 Å². The lowest BCUT2D eigenvalue weighted by Crippen LogP contribution is -2.05. The third-order valence-corrected chi connectivity index (χ3v) is 4.02. The number of rotatable bonds is 3. The summed E-state index contributed by atoms with van der Waals surface area (Å²) in [6.45, 7) is 3.82. The van der Waals surface area contributed by atoms with E-state index in [0.29, 0.717) is 17.2 Å². The van der Waals surface area contributed by atoms with Crippen LogP contribution in [0.2, 0.25) is 0 Å². The molecule has 0 atom stereocenters. The molecule has 2 aromatic rings. The van der Waals surface area contributed by atoms with Crippen LogP contribution in [0.15, 0.2) is 18.2 Å². The Balaban J connectivity index is 2.52. The molecule has 0 amide bonds. The fourth-order valence-corrected chi connectivity index (χ4v) is 2.34. The molecule has 0 unspecified atom stereocenters. The van der Waals surface area contributed by atoms with E-state index < -0.39 is 0 Å². The van der Waals surface area contributed by atoms with Gasteiger partial charge in [0.25, 0.3) is 0 Å². The summed E-state index contributed by atoms with van der Waals surface area (Å²) in [6, 6.07) is 4.86. The van der Waals surface area contributed by atoms with Gasteiger partial charge in [0.05, 0.1) is 9.26 Å². The third-order valence-electron chi connectivity index (χ3n) is 2.85. The number of aromatic nitrogens is 2. The Kier molecular flexibility index (Phi) is 4.34. The largest absolute Gasteiger partial charge is 0.383 e. The summed E-state index contributed by atoms with van der Waals surface area (Å²) in [7, 11) is 0.